The van der Waals surface area contributed by atoms with Crippen molar-refractivity contribution in [1.82, 2.24) is 15.5 Å². The summed E-state index contributed by atoms with van der Waals surface area (Å²) in [6.07, 6.45) is 0.861. The second-order valence-electron chi connectivity index (χ2n) is 7.21. The van der Waals surface area contributed by atoms with Crippen LogP contribution in [0.1, 0.15) is 24.3 Å². The summed E-state index contributed by atoms with van der Waals surface area (Å²) in [7, 11) is 1.67. The number of carbonyl (C=O) groups is 3. The summed E-state index contributed by atoms with van der Waals surface area (Å²) in [5, 5.41) is 6.29. The predicted octanol–water partition coefficient (Wildman–Crippen LogP) is 1.75. The lowest BCUT2D eigenvalue weighted by Crippen LogP contribution is -2.70. The van der Waals surface area contributed by atoms with Gasteiger partial charge in [-0.2, -0.15) is 0 Å². The minimum absolute atomic E-state index is 0.0573. The number of amides is 3. The number of rotatable bonds is 1. The SMILES string of the molecule is CN1C(=O)NC(=O)C2C3CC(c4cccc(Cl)c4)CC(=O)C3CNC21. The zero-order valence-electron chi connectivity index (χ0n) is 13.9. The largest absolute Gasteiger partial charge is 0.325 e. The Morgan fingerprint density at radius 2 is 2.04 bits per heavy atom. The van der Waals surface area contributed by atoms with E-state index in [1.165, 1.54) is 4.90 Å². The number of piperidine rings is 1. The Labute approximate surface area is 150 Å². The molecule has 1 aromatic carbocycles. The van der Waals surface area contributed by atoms with E-state index in [1.54, 1.807) is 7.05 Å². The Bertz CT molecular complexity index is 753. The summed E-state index contributed by atoms with van der Waals surface area (Å²) in [5.41, 5.74) is 1.04. The van der Waals surface area contributed by atoms with Crippen LogP contribution in [0.4, 0.5) is 4.79 Å². The van der Waals surface area contributed by atoms with Gasteiger partial charge in [0.25, 0.3) is 0 Å². The lowest BCUT2D eigenvalue weighted by Gasteiger charge is -2.50. The van der Waals surface area contributed by atoms with Gasteiger partial charge in [0, 0.05) is 31.0 Å². The van der Waals surface area contributed by atoms with Crippen LogP contribution >= 0.6 is 11.6 Å². The molecule has 0 bridgehead atoms. The molecule has 3 aliphatic rings. The molecule has 0 radical (unpaired) electrons. The molecule has 7 heteroatoms. The van der Waals surface area contributed by atoms with Gasteiger partial charge < -0.3 is 4.90 Å². The van der Waals surface area contributed by atoms with Gasteiger partial charge in [-0.1, -0.05) is 23.7 Å². The van der Waals surface area contributed by atoms with Crippen LogP contribution in [0, 0.1) is 17.8 Å². The number of urea groups is 1. The molecule has 2 saturated heterocycles. The predicted molar refractivity (Wildman–Crippen MR) is 92.0 cm³/mol. The molecule has 0 spiro atoms. The van der Waals surface area contributed by atoms with Crippen LogP contribution in [0.25, 0.3) is 0 Å². The molecule has 2 N–H and O–H groups in total. The maximum Gasteiger partial charge on any atom is 0.325 e. The van der Waals surface area contributed by atoms with Gasteiger partial charge in [-0.25, -0.2) is 4.79 Å². The van der Waals surface area contributed by atoms with E-state index in [4.69, 9.17) is 11.6 Å². The quantitative estimate of drug-likeness (QED) is 0.798. The van der Waals surface area contributed by atoms with E-state index in [0.717, 1.165) is 12.0 Å². The van der Waals surface area contributed by atoms with E-state index in [-0.39, 0.29) is 35.6 Å². The van der Waals surface area contributed by atoms with Gasteiger partial charge in [0.1, 0.15) is 5.78 Å². The molecule has 5 atom stereocenters. The zero-order chi connectivity index (χ0) is 17.7. The first-order chi connectivity index (χ1) is 12.0. The number of hydrogen-bond acceptors (Lipinski definition) is 4. The van der Waals surface area contributed by atoms with Crippen LogP contribution in [0.3, 0.4) is 0 Å². The fraction of sp³-hybridized carbons (Fsp3) is 0.500. The number of halogens is 1. The Balaban J connectivity index is 1.65. The summed E-state index contributed by atoms with van der Waals surface area (Å²) >= 11 is 6.10. The number of hydrogen-bond donors (Lipinski definition) is 2. The van der Waals surface area contributed by atoms with Gasteiger partial charge >= 0.3 is 6.03 Å². The number of imide groups is 1. The minimum atomic E-state index is -0.410. The van der Waals surface area contributed by atoms with Crippen molar-refractivity contribution in [2.75, 3.05) is 13.6 Å². The number of fused-ring (bicyclic) bond motifs is 3. The molecule has 1 aliphatic carbocycles. The van der Waals surface area contributed by atoms with Crippen molar-refractivity contribution in [3.63, 3.8) is 0 Å². The molecule has 2 aliphatic heterocycles. The van der Waals surface area contributed by atoms with Crippen LogP contribution in [0.2, 0.25) is 5.02 Å². The van der Waals surface area contributed by atoms with Gasteiger partial charge in [-0.05, 0) is 36.0 Å². The number of nitrogens with zero attached hydrogens (tertiary/aromatic N) is 1. The first kappa shape index (κ1) is 16.5. The molecule has 3 fully saturated rings. The lowest BCUT2D eigenvalue weighted by atomic mass is 9.63. The van der Waals surface area contributed by atoms with Crippen molar-refractivity contribution in [1.29, 1.82) is 0 Å². The molecule has 5 unspecified atom stereocenters. The summed E-state index contributed by atoms with van der Waals surface area (Å²) in [4.78, 5) is 38.7. The highest BCUT2D eigenvalue weighted by Crippen LogP contribution is 2.45. The smallest absolute Gasteiger partial charge is 0.311 e. The van der Waals surface area contributed by atoms with E-state index >= 15 is 0 Å². The maximum atomic E-state index is 12.7. The number of ketones is 1. The fourth-order valence-corrected chi connectivity index (χ4v) is 4.81. The summed E-state index contributed by atoms with van der Waals surface area (Å²) < 4.78 is 0. The van der Waals surface area contributed by atoms with Gasteiger partial charge in [0.15, 0.2) is 0 Å². The molecular formula is C18H20ClN3O3. The van der Waals surface area contributed by atoms with Gasteiger partial charge in [0.05, 0.1) is 12.1 Å². The normalized spacial score (nSPS) is 35.0. The molecule has 0 aromatic heterocycles. The van der Waals surface area contributed by atoms with Crippen molar-refractivity contribution in [2.24, 2.45) is 17.8 Å². The second-order valence-corrected chi connectivity index (χ2v) is 7.65. The Morgan fingerprint density at radius 1 is 1.24 bits per heavy atom. The lowest BCUT2D eigenvalue weighted by molar-refractivity contribution is -0.141. The highest BCUT2D eigenvalue weighted by atomic mass is 35.5. The molecule has 25 heavy (non-hydrogen) atoms. The van der Waals surface area contributed by atoms with Gasteiger partial charge in [-0.3, -0.25) is 20.2 Å². The maximum absolute atomic E-state index is 12.7. The monoisotopic (exact) mass is 361 g/mol. The third-order valence-corrected chi connectivity index (χ3v) is 6.11. The third-order valence-electron chi connectivity index (χ3n) is 5.87. The summed E-state index contributed by atoms with van der Waals surface area (Å²) in [6, 6.07) is 7.19. The number of nitrogens with one attached hydrogen (secondary N) is 2. The van der Waals surface area contributed by atoms with Crippen molar-refractivity contribution in [2.45, 2.75) is 24.9 Å². The van der Waals surface area contributed by atoms with Crippen LogP contribution in [-0.4, -0.2) is 42.4 Å². The van der Waals surface area contributed by atoms with E-state index in [2.05, 4.69) is 10.6 Å². The van der Waals surface area contributed by atoms with Crippen LogP contribution in [0.15, 0.2) is 24.3 Å². The summed E-state index contributed by atoms with van der Waals surface area (Å²) in [5.74, 6) is -0.709. The first-order valence-electron chi connectivity index (χ1n) is 8.55. The van der Waals surface area contributed by atoms with Crippen molar-refractivity contribution in [3.05, 3.63) is 34.9 Å². The molecular weight excluding hydrogens is 342 g/mol. The molecule has 1 saturated carbocycles. The van der Waals surface area contributed by atoms with E-state index in [9.17, 15) is 14.4 Å². The average molecular weight is 362 g/mol. The highest BCUT2D eigenvalue weighted by Gasteiger charge is 2.53. The van der Waals surface area contributed by atoms with Crippen LogP contribution < -0.4 is 10.6 Å². The van der Waals surface area contributed by atoms with Gasteiger partial charge in [-0.15, -0.1) is 0 Å². The third kappa shape index (κ3) is 2.73. The molecule has 4 rings (SSSR count). The average Bonchev–Trinajstić information content (AvgIpc) is 2.58. The molecule has 6 nitrogen and oxygen atoms in total. The zero-order valence-corrected chi connectivity index (χ0v) is 14.6. The summed E-state index contributed by atoms with van der Waals surface area (Å²) in [6.45, 7) is 0.512. The highest BCUT2D eigenvalue weighted by molar-refractivity contribution is 6.30. The second kappa shape index (κ2) is 6.11. The van der Waals surface area contributed by atoms with E-state index < -0.39 is 11.9 Å². The number of carbonyl (C=O) groups excluding carboxylic acids is 3. The van der Waals surface area contributed by atoms with Crippen molar-refractivity contribution >= 4 is 29.3 Å². The van der Waals surface area contributed by atoms with Gasteiger partial charge in [0.2, 0.25) is 5.91 Å². The van der Waals surface area contributed by atoms with Crippen molar-refractivity contribution < 1.29 is 14.4 Å². The standard InChI is InChI=1S/C18H20ClN3O3/c1-22-16-15(17(24)21-18(22)25)12-6-10(7-14(23)13(12)8-20-16)9-3-2-4-11(19)5-9/h2-5,10,12-13,15-16,20H,6-8H2,1H3,(H,21,24,25). The van der Waals surface area contributed by atoms with Crippen LogP contribution in [0.5, 0.6) is 0 Å². The molecule has 3 amide bonds. The van der Waals surface area contributed by atoms with Crippen LogP contribution in [-0.2, 0) is 9.59 Å². The Hall–Kier alpha value is -1.92. The molecule has 2 heterocycles. The topological polar surface area (TPSA) is 78.5 Å². The van der Waals surface area contributed by atoms with E-state index in [1.807, 2.05) is 24.3 Å². The molecule has 1 aromatic rings. The first-order valence-corrected chi connectivity index (χ1v) is 8.92. The van der Waals surface area contributed by atoms with Crippen molar-refractivity contribution in [3.8, 4) is 0 Å². The Morgan fingerprint density at radius 3 is 2.80 bits per heavy atom. The van der Waals surface area contributed by atoms with E-state index in [0.29, 0.717) is 18.0 Å². The minimum Gasteiger partial charge on any atom is -0.311 e. The number of Topliss-reactive ketones (excluding diaryl/α,β-unsaturated/α-hetero) is 1. The molecule has 132 valence electrons. The fourth-order valence-electron chi connectivity index (χ4n) is 4.61. The number of benzene rings is 1. The Kier molecular flexibility index (Phi) is 4.04.